The Balaban J connectivity index is 2.12. The van der Waals surface area contributed by atoms with Crippen molar-refractivity contribution < 1.29 is 31.9 Å². The number of alkyl halides is 3. The monoisotopic (exact) mass is 356 g/mol. The van der Waals surface area contributed by atoms with Gasteiger partial charge in [-0.15, -0.1) is 0 Å². The maximum atomic E-state index is 13.1. The van der Waals surface area contributed by atoms with E-state index in [4.69, 9.17) is 4.42 Å². The Morgan fingerprint density at radius 3 is 2.72 bits per heavy atom. The van der Waals surface area contributed by atoms with Crippen molar-refractivity contribution in [3.05, 3.63) is 41.3 Å². The number of carbonyl (C=O) groups excluding carboxylic acids is 2. The summed E-state index contributed by atoms with van der Waals surface area (Å²) in [4.78, 5) is 26.7. The number of halogens is 3. The van der Waals surface area contributed by atoms with Crippen molar-refractivity contribution in [1.82, 2.24) is 10.3 Å². The number of aromatic nitrogens is 1. The molecule has 0 saturated heterocycles. The Bertz CT molecular complexity index is 825. The first-order valence-corrected chi connectivity index (χ1v) is 7.23. The average Bonchev–Trinajstić information content (AvgIpc) is 2.96. The summed E-state index contributed by atoms with van der Waals surface area (Å²) in [6.07, 6.45) is -1.54. The molecule has 0 bridgehead atoms. The number of furan rings is 1. The Morgan fingerprint density at radius 1 is 1.36 bits per heavy atom. The van der Waals surface area contributed by atoms with Gasteiger partial charge in [-0.1, -0.05) is 6.08 Å². The molecule has 0 aromatic carbocycles. The van der Waals surface area contributed by atoms with Crippen LogP contribution in [0.25, 0.3) is 11.1 Å². The van der Waals surface area contributed by atoms with Gasteiger partial charge in [0, 0.05) is 18.3 Å². The first-order valence-electron chi connectivity index (χ1n) is 7.23. The number of nitrogens with zero attached hydrogens (tertiary/aromatic N) is 1. The van der Waals surface area contributed by atoms with E-state index in [-0.39, 0.29) is 29.1 Å². The summed E-state index contributed by atoms with van der Waals surface area (Å²) in [5.74, 6) is -1.46. The van der Waals surface area contributed by atoms with Gasteiger partial charge in [-0.25, -0.2) is 9.78 Å². The number of methoxy groups -OCH3 is 1. The molecule has 0 saturated carbocycles. The maximum absolute atomic E-state index is 13.1. The molecule has 2 aromatic heterocycles. The van der Waals surface area contributed by atoms with E-state index < -0.39 is 23.6 Å². The van der Waals surface area contributed by atoms with E-state index in [0.29, 0.717) is 6.42 Å². The minimum absolute atomic E-state index is 0.133. The lowest BCUT2D eigenvalue weighted by atomic mass is 10.1. The number of fused-ring (bicyclic) bond motifs is 1. The van der Waals surface area contributed by atoms with E-state index in [1.807, 2.05) is 0 Å². The number of esters is 1. The normalized spacial score (nSPS) is 11.9. The molecule has 6 nitrogen and oxygen atoms in total. The molecule has 0 spiro atoms. The Morgan fingerprint density at radius 2 is 2.08 bits per heavy atom. The Labute approximate surface area is 140 Å². The molecular weight excluding hydrogens is 341 g/mol. The first kappa shape index (κ1) is 18.5. The van der Waals surface area contributed by atoms with Crippen LogP contribution >= 0.6 is 0 Å². The maximum Gasteiger partial charge on any atom is 0.417 e. The molecule has 2 heterocycles. The van der Waals surface area contributed by atoms with E-state index in [1.54, 1.807) is 0 Å². The number of aryl methyl sites for hydroxylation is 1. The fraction of sp³-hybridized carbons (Fsp3) is 0.312. The van der Waals surface area contributed by atoms with Crippen molar-refractivity contribution in [3.63, 3.8) is 0 Å². The van der Waals surface area contributed by atoms with Gasteiger partial charge in [-0.05, 0) is 25.5 Å². The van der Waals surface area contributed by atoms with Crippen LogP contribution < -0.4 is 5.32 Å². The zero-order valence-electron chi connectivity index (χ0n) is 13.4. The zero-order chi connectivity index (χ0) is 18.6. The summed E-state index contributed by atoms with van der Waals surface area (Å²) in [7, 11) is 1.24. The fourth-order valence-electron chi connectivity index (χ4n) is 2.09. The van der Waals surface area contributed by atoms with Gasteiger partial charge < -0.3 is 14.5 Å². The summed E-state index contributed by atoms with van der Waals surface area (Å²) >= 11 is 0. The predicted molar refractivity (Wildman–Crippen MR) is 81.9 cm³/mol. The third-order valence-corrected chi connectivity index (χ3v) is 3.21. The van der Waals surface area contributed by atoms with Gasteiger partial charge in [0.2, 0.25) is 5.71 Å². The van der Waals surface area contributed by atoms with Gasteiger partial charge in [0.25, 0.3) is 5.91 Å². The van der Waals surface area contributed by atoms with Crippen LogP contribution in [0.15, 0.2) is 28.7 Å². The fourth-order valence-corrected chi connectivity index (χ4v) is 2.09. The molecule has 1 N–H and O–H groups in total. The van der Waals surface area contributed by atoms with Crippen LogP contribution in [0, 0.1) is 6.92 Å². The van der Waals surface area contributed by atoms with Gasteiger partial charge in [0.15, 0.2) is 5.76 Å². The van der Waals surface area contributed by atoms with Gasteiger partial charge in [-0.3, -0.25) is 4.79 Å². The van der Waals surface area contributed by atoms with Crippen LogP contribution in [0.2, 0.25) is 0 Å². The van der Waals surface area contributed by atoms with Gasteiger partial charge in [0.05, 0.1) is 18.1 Å². The summed E-state index contributed by atoms with van der Waals surface area (Å²) in [5.41, 5.74) is -1.02. The van der Waals surface area contributed by atoms with Crippen molar-refractivity contribution in [2.45, 2.75) is 19.5 Å². The third kappa shape index (κ3) is 4.59. The molecule has 0 fully saturated rings. The molecule has 9 heteroatoms. The lowest BCUT2D eigenvalue weighted by Crippen LogP contribution is -2.23. The molecule has 0 aliphatic rings. The van der Waals surface area contributed by atoms with Crippen molar-refractivity contribution in [2.24, 2.45) is 0 Å². The van der Waals surface area contributed by atoms with Crippen LogP contribution in [0.5, 0.6) is 0 Å². The molecule has 1 amide bonds. The van der Waals surface area contributed by atoms with Crippen molar-refractivity contribution in [3.8, 4) is 0 Å². The highest BCUT2D eigenvalue weighted by Crippen LogP contribution is 2.35. The number of nitrogens with one attached hydrogen (secondary N) is 1. The van der Waals surface area contributed by atoms with Crippen LogP contribution in [0.1, 0.15) is 28.2 Å². The van der Waals surface area contributed by atoms with Crippen molar-refractivity contribution in [2.75, 3.05) is 13.7 Å². The molecule has 25 heavy (non-hydrogen) atoms. The predicted octanol–water partition coefficient (Wildman–Crippen LogP) is 3.00. The summed E-state index contributed by atoms with van der Waals surface area (Å²) < 4.78 is 48.8. The number of rotatable bonds is 5. The van der Waals surface area contributed by atoms with E-state index in [0.717, 1.165) is 12.1 Å². The zero-order valence-corrected chi connectivity index (χ0v) is 13.4. The second-order valence-corrected chi connectivity index (χ2v) is 5.11. The second kappa shape index (κ2) is 7.37. The number of amides is 1. The Hall–Kier alpha value is -2.84. The largest absolute Gasteiger partial charge is 0.466 e. The third-order valence-electron chi connectivity index (χ3n) is 3.21. The minimum Gasteiger partial charge on any atom is -0.466 e. The highest BCUT2D eigenvalue weighted by atomic mass is 19.4. The van der Waals surface area contributed by atoms with E-state index >= 15 is 0 Å². The summed E-state index contributed by atoms with van der Waals surface area (Å²) in [6, 6.07) is 1.92. The quantitative estimate of drug-likeness (QED) is 0.506. The topological polar surface area (TPSA) is 81.4 Å². The molecule has 2 aromatic rings. The first-order chi connectivity index (χ1) is 11.7. The van der Waals surface area contributed by atoms with Crippen molar-refractivity contribution >= 4 is 23.0 Å². The number of ether oxygens (including phenoxy) is 1. The number of pyridine rings is 1. The van der Waals surface area contributed by atoms with Gasteiger partial charge >= 0.3 is 12.1 Å². The SMILES string of the molecule is COC(=O)/C=C/CCNC(=O)c1cc2c(C(F)(F)F)cc(C)nc2o1. The summed E-state index contributed by atoms with van der Waals surface area (Å²) in [6.45, 7) is 1.58. The average molecular weight is 356 g/mol. The van der Waals surface area contributed by atoms with Crippen LogP contribution in [-0.4, -0.2) is 30.5 Å². The Kier molecular flexibility index (Phi) is 5.45. The van der Waals surface area contributed by atoms with E-state index in [1.165, 1.54) is 26.2 Å². The lowest BCUT2D eigenvalue weighted by molar-refractivity contribution is -0.136. The smallest absolute Gasteiger partial charge is 0.417 e. The van der Waals surface area contributed by atoms with E-state index in [9.17, 15) is 22.8 Å². The number of carbonyl (C=O) groups is 2. The molecule has 0 atom stereocenters. The molecule has 0 radical (unpaired) electrons. The highest BCUT2D eigenvalue weighted by molar-refractivity contribution is 5.96. The van der Waals surface area contributed by atoms with E-state index in [2.05, 4.69) is 15.0 Å². The second-order valence-electron chi connectivity index (χ2n) is 5.11. The highest BCUT2D eigenvalue weighted by Gasteiger charge is 2.34. The van der Waals surface area contributed by atoms with Crippen LogP contribution in [0.4, 0.5) is 13.2 Å². The molecular formula is C16H15F3N2O4. The van der Waals surface area contributed by atoms with Crippen molar-refractivity contribution in [1.29, 1.82) is 0 Å². The molecule has 0 aliphatic heterocycles. The minimum atomic E-state index is -4.58. The van der Waals surface area contributed by atoms with Crippen LogP contribution in [-0.2, 0) is 15.7 Å². The standard InChI is InChI=1S/C16H15F3N2O4/c1-9-7-11(16(17,18)19)10-8-12(25-15(10)21-9)14(23)20-6-4-3-5-13(22)24-2/h3,5,7-8H,4,6H2,1-2H3,(H,20,23)/b5-3+. The number of hydrogen-bond acceptors (Lipinski definition) is 5. The van der Waals surface area contributed by atoms with Gasteiger partial charge in [-0.2, -0.15) is 13.2 Å². The lowest BCUT2D eigenvalue weighted by Gasteiger charge is -2.07. The molecule has 134 valence electrons. The molecule has 2 rings (SSSR count). The van der Waals surface area contributed by atoms with Crippen LogP contribution in [0.3, 0.4) is 0 Å². The molecule has 0 unspecified atom stereocenters. The number of hydrogen-bond donors (Lipinski definition) is 1. The van der Waals surface area contributed by atoms with Gasteiger partial charge in [0.1, 0.15) is 0 Å². The summed E-state index contributed by atoms with van der Waals surface area (Å²) in [5, 5.41) is 2.21. The molecule has 0 aliphatic carbocycles.